The Hall–Kier alpha value is 0.0500. The number of thiol groups is 1. The zero-order valence-electron chi connectivity index (χ0n) is 19.5. The van der Waals surface area contributed by atoms with E-state index in [0.717, 1.165) is 54.1 Å². The van der Waals surface area contributed by atoms with Gasteiger partial charge in [-0.25, -0.2) is 0 Å². The van der Waals surface area contributed by atoms with Crippen molar-refractivity contribution in [3.05, 3.63) is 11.6 Å². The van der Waals surface area contributed by atoms with Crippen molar-refractivity contribution in [1.82, 2.24) is 0 Å². The average Bonchev–Trinajstić information content (AvgIpc) is 3.04. The largest absolute Gasteiger partial charge is 0.393 e. The minimum absolute atomic E-state index is 0.109. The number of hydrogen-bond acceptors (Lipinski definition) is 2. The van der Waals surface area contributed by atoms with Gasteiger partial charge in [0, 0.05) is 5.41 Å². The second-order valence-electron chi connectivity index (χ2n) is 12.1. The van der Waals surface area contributed by atoms with E-state index in [1.165, 1.54) is 57.8 Å². The molecule has 0 unspecified atom stereocenters. The van der Waals surface area contributed by atoms with Crippen molar-refractivity contribution < 1.29 is 5.11 Å². The molecular formula is C27H46OS. The fourth-order valence-electron chi connectivity index (χ4n) is 8.76. The molecule has 3 fully saturated rings. The van der Waals surface area contributed by atoms with E-state index >= 15 is 0 Å². The van der Waals surface area contributed by atoms with Crippen LogP contribution in [0.25, 0.3) is 0 Å². The number of aliphatic hydroxyl groups excluding tert-OH is 1. The molecule has 8 atom stereocenters. The molecule has 1 N–H and O–H groups in total. The molecule has 0 aromatic heterocycles. The van der Waals surface area contributed by atoms with Crippen molar-refractivity contribution >= 4 is 12.6 Å². The van der Waals surface area contributed by atoms with E-state index in [1.807, 2.05) is 0 Å². The van der Waals surface area contributed by atoms with Gasteiger partial charge in [0.2, 0.25) is 0 Å². The Kier molecular flexibility index (Phi) is 6.55. The highest BCUT2D eigenvalue weighted by molar-refractivity contribution is 7.80. The van der Waals surface area contributed by atoms with Crippen LogP contribution >= 0.6 is 12.6 Å². The molecule has 1 nitrogen and oxygen atoms in total. The molecule has 0 aromatic carbocycles. The maximum Gasteiger partial charge on any atom is 0.0577 e. The fraction of sp³-hybridized carbons (Fsp3) is 0.926. The molecule has 0 saturated heterocycles. The maximum atomic E-state index is 10.3. The van der Waals surface area contributed by atoms with Crippen molar-refractivity contribution in [1.29, 1.82) is 0 Å². The second kappa shape index (κ2) is 8.53. The molecule has 0 heterocycles. The van der Waals surface area contributed by atoms with Gasteiger partial charge >= 0.3 is 0 Å². The highest BCUT2D eigenvalue weighted by atomic mass is 32.1. The standard InChI is InChI=1S/C27H46OS/c1-18(2)6-5-7-19(3)23-10-11-24-22-9-8-20-16-21(28)12-15-27(20,17-29)25(22)13-14-26(23,24)4/h8,18-19,21-25,28-29H,5-7,9-17H2,1-4H3/t19-,21+,22+,23-,24+,25+,26-,27-/m1/s1. The second-order valence-corrected chi connectivity index (χ2v) is 12.4. The van der Waals surface area contributed by atoms with Gasteiger partial charge in [0.05, 0.1) is 6.10 Å². The summed E-state index contributed by atoms with van der Waals surface area (Å²) in [5, 5.41) is 10.3. The van der Waals surface area contributed by atoms with Crippen LogP contribution in [0.15, 0.2) is 11.6 Å². The summed E-state index contributed by atoms with van der Waals surface area (Å²) in [6.07, 6.45) is 16.8. The topological polar surface area (TPSA) is 20.2 Å². The third kappa shape index (κ3) is 3.77. The number of hydrogen-bond donors (Lipinski definition) is 2. The minimum Gasteiger partial charge on any atom is -0.393 e. The first-order valence-corrected chi connectivity index (χ1v) is 13.4. The lowest BCUT2D eigenvalue weighted by atomic mass is 9.47. The van der Waals surface area contributed by atoms with E-state index in [2.05, 4.69) is 33.8 Å². The lowest BCUT2D eigenvalue weighted by molar-refractivity contribution is -0.0556. The van der Waals surface area contributed by atoms with Gasteiger partial charge < -0.3 is 5.11 Å². The van der Waals surface area contributed by atoms with Crippen LogP contribution in [-0.2, 0) is 0 Å². The molecule has 0 spiro atoms. The van der Waals surface area contributed by atoms with Crippen LogP contribution < -0.4 is 0 Å². The van der Waals surface area contributed by atoms with E-state index < -0.39 is 0 Å². The van der Waals surface area contributed by atoms with E-state index in [9.17, 15) is 5.11 Å². The molecule has 4 rings (SSSR count). The van der Waals surface area contributed by atoms with Crippen LogP contribution in [0.4, 0.5) is 0 Å². The quantitative estimate of drug-likeness (QED) is 0.342. The van der Waals surface area contributed by atoms with E-state index in [-0.39, 0.29) is 6.10 Å². The summed E-state index contributed by atoms with van der Waals surface area (Å²) in [5.41, 5.74) is 2.44. The van der Waals surface area contributed by atoms with Gasteiger partial charge in [0.1, 0.15) is 0 Å². The van der Waals surface area contributed by atoms with Gasteiger partial charge in [0.25, 0.3) is 0 Å². The molecule has 3 saturated carbocycles. The third-order valence-corrected chi connectivity index (χ3v) is 10.8. The Labute approximate surface area is 185 Å². The van der Waals surface area contributed by atoms with Crippen molar-refractivity contribution in [2.75, 3.05) is 5.75 Å². The molecule has 0 bridgehead atoms. The Bertz CT molecular complexity index is 612. The smallest absolute Gasteiger partial charge is 0.0577 e. The monoisotopic (exact) mass is 418 g/mol. The summed E-state index contributed by atoms with van der Waals surface area (Å²) in [4.78, 5) is 0. The van der Waals surface area contributed by atoms with Crippen LogP contribution in [0.1, 0.15) is 98.3 Å². The maximum absolute atomic E-state index is 10.3. The predicted octanol–water partition coefficient (Wildman–Crippen LogP) is 7.30. The summed E-state index contributed by atoms with van der Waals surface area (Å²) < 4.78 is 0. The van der Waals surface area contributed by atoms with Crippen molar-refractivity contribution in [3.63, 3.8) is 0 Å². The molecule has 4 aliphatic carbocycles. The summed E-state index contributed by atoms with van der Waals surface area (Å²) in [5.74, 6) is 6.27. The van der Waals surface area contributed by atoms with Gasteiger partial charge in [-0.1, -0.05) is 58.6 Å². The highest BCUT2D eigenvalue weighted by Gasteiger charge is 2.59. The Balaban J connectivity index is 1.51. The summed E-state index contributed by atoms with van der Waals surface area (Å²) in [6, 6.07) is 0. The highest BCUT2D eigenvalue weighted by Crippen LogP contribution is 2.67. The summed E-state index contributed by atoms with van der Waals surface area (Å²) in [6.45, 7) is 9.99. The Morgan fingerprint density at radius 2 is 1.86 bits per heavy atom. The zero-order chi connectivity index (χ0) is 20.8. The molecule has 0 amide bonds. The first-order valence-electron chi connectivity index (χ1n) is 12.8. The summed E-state index contributed by atoms with van der Waals surface area (Å²) in [7, 11) is 0. The fourth-order valence-corrected chi connectivity index (χ4v) is 9.35. The van der Waals surface area contributed by atoms with Crippen LogP contribution in [0.5, 0.6) is 0 Å². The molecule has 29 heavy (non-hydrogen) atoms. The average molecular weight is 419 g/mol. The van der Waals surface area contributed by atoms with E-state index in [4.69, 9.17) is 12.6 Å². The predicted molar refractivity (Wildman–Crippen MR) is 127 cm³/mol. The minimum atomic E-state index is -0.109. The van der Waals surface area contributed by atoms with Crippen molar-refractivity contribution in [3.8, 4) is 0 Å². The number of allylic oxidation sites excluding steroid dienone is 1. The molecule has 4 aliphatic rings. The van der Waals surface area contributed by atoms with Crippen LogP contribution in [0.3, 0.4) is 0 Å². The number of rotatable bonds is 6. The van der Waals surface area contributed by atoms with Gasteiger partial charge in [-0.3, -0.25) is 0 Å². The molecule has 0 radical (unpaired) electrons. The van der Waals surface area contributed by atoms with Crippen molar-refractivity contribution in [2.45, 2.75) is 104 Å². The zero-order valence-corrected chi connectivity index (χ0v) is 20.4. The first kappa shape index (κ1) is 22.3. The van der Waals surface area contributed by atoms with Gasteiger partial charge in [-0.2, -0.15) is 12.6 Å². The Morgan fingerprint density at radius 1 is 1.07 bits per heavy atom. The SMILES string of the molecule is CC(C)CCC[C@@H](C)[C@H]1CC[C@H]2[C@@H]3CC=C4C[C@@H](O)CC[C@]4(CS)[C@H]3CC[C@]12C. The van der Waals surface area contributed by atoms with Gasteiger partial charge in [-0.05, 0) is 98.0 Å². The number of fused-ring (bicyclic) bond motifs is 5. The Morgan fingerprint density at radius 3 is 2.59 bits per heavy atom. The molecule has 166 valence electrons. The van der Waals surface area contributed by atoms with Crippen LogP contribution in [0.2, 0.25) is 0 Å². The van der Waals surface area contributed by atoms with Crippen LogP contribution in [-0.4, -0.2) is 17.0 Å². The molecule has 2 heteroatoms. The molecule has 0 aliphatic heterocycles. The van der Waals surface area contributed by atoms with E-state index in [0.29, 0.717) is 10.8 Å². The third-order valence-electron chi connectivity index (χ3n) is 10.3. The summed E-state index contributed by atoms with van der Waals surface area (Å²) >= 11 is 4.92. The lowest BCUT2D eigenvalue weighted by Crippen LogP contribution is -2.52. The van der Waals surface area contributed by atoms with Gasteiger partial charge in [-0.15, -0.1) is 0 Å². The molecular weight excluding hydrogens is 372 g/mol. The van der Waals surface area contributed by atoms with Gasteiger partial charge in [0.15, 0.2) is 0 Å². The number of aliphatic hydroxyl groups is 1. The normalized spacial score (nSPS) is 45.3. The first-order chi connectivity index (χ1) is 13.8. The van der Waals surface area contributed by atoms with Crippen LogP contribution in [0, 0.1) is 46.3 Å². The lowest BCUT2D eigenvalue weighted by Gasteiger charge is -2.59. The molecule has 0 aromatic rings. The van der Waals surface area contributed by atoms with E-state index in [1.54, 1.807) is 5.57 Å². The van der Waals surface area contributed by atoms with Crippen molar-refractivity contribution in [2.24, 2.45) is 46.3 Å².